The first-order valence-corrected chi connectivity index (χ1v) is 9.16. The standard InChI is InChI=1S/C12H25BrN2O2S/c1-11(2)9-12(13)10-14-18(16,17)15-7-5-3-4-6-8-15/h11-12,14H,3-10H2,1-2H3. The van der Waals surface area contributed by atoms with E-state index in [1.807, 2.05) is 0 Å². The molecule has 0 radical (unpaired) electrons. The number of hydrogen-bond acceptors (Lipinski definition) is 2. The van der Waals surface area contributed by atoms with Crippen molar-refractivity contribution in [1.82, 2.24) is 9.03 Å². The predicted octanol–water partition coefficient (Wildman–Crippen LogP) is 2.51. The zero-order chi connectivity index (χ0) is 13.6. The highest BCUT2D eigenvalue weighted by molar-refractivity contribution is 9.09. The quantitative estimate of drug-likeness (QED) is 0.755. The lowest BCUT2D eigenvalue weighted by Gasteiger charge is -2.21. The van der Waals surface area contributed by atoms with Gasteiger partial charge in [0.25, 0.3) is 10.2 Å². The fourth-order valence-corrected chi connectivity index (χ4v) is 4.62. The molecule has 1 fully saturated rings. The van der Waals surface area contributed by atoms with Crippen LogP contribution in [0.4, 0.5) is 0 Å². The molecule has 0 saturated carbocycles. The Morgan fingerprint density at radius 3 is 2.22 bits per heavy atom. The first-order valence-electron chi connectivity index (χ1n) is 6.80. The zero-order valence-electron chi connectivity index (χ0n) is 11.4. The van der Waals surface area contributed by atoms with Crippen molar-refractivity contribution in [2.75, 3.05) is 19.6 Å². The summed E-state index contributed by atoms with van der Waals surface area (Å²) in [6.07, 6.45) is 5.21. The van der Waals surface area contributed by atoms with Crippen LogP contribution in [0.2, 0.25) is 0 Å². The maximum Gasteiger partial charge on any atom is 0.279 e. The molecule has 18 heavy (non-hydrogen) atoms. The number of halogens is 1. The largest absolute Gasteiger partial charge is 0.279 e. The summed E-state index contributed by atoms with van der Waals surface area (Å²) in [5, 5.41) is 0. The number of alkyl halides is 1. The fourth-order valence-electron chi connectivity index (χ4n) is 2.16. The minimum atomic E-state index is -3.28. The van der Waals surface area contributed by atoms with E-state index >= 15 is 0 Å². The van der Waals surface area contributed by atoms with Gasteiger partial charge in [-0.25, -0.2) is 4.72 Å². The van der Waals surface area contributed by atoms with Crippen LogP contribution in [0.5, 0.6) is 0 Å². The number of rotatable bonds is 6. The molecule has 0 aromatic carbocycles. The first kappa shape index (κ1) is 16.4. The van der Waals surface area contributed by atoms with Gasteiger partial charge in [0.15, 0.2) is 0 Å². The van der Waals surface area contributed by atoms with Gasteiger partial charge in [0.05, 0.1) is 0 Å². The van der Waals surface area contributed by atoms with Gasteiger partial charge in [-0.3, -0.25) is 0 Å². The third-order valence-corrected chi connectivity index (χ3v) is 5.39. The Hall–Kier alpha value is 0.350. The molecule has 0 aromatic rings. The highest BCUT2D eigenvalue weighted by atomic mass is 79.9. The first-order chi connectivity index (χ1) is 8.42. The van der Waals surface area contributed by atoms with Crippen LogP contribution in [0.1, 0.15) is 46.0 Å². The van der Waals surface area contributed by atoms with Crippen molar-refractivity contribution in [2.24, 2.45) is 5.92 Å². The Morgan fingerprint density at radius 2 is 1.72 bits per heavy atom. The normalized spacial score (nSPS) is 20.9. The molecule has 0 spiro atoms. The molecule has 0 aromatic heterocycles. The average molecular weight is 341 g/mol. The summed E-state index contributed by atoms with van der Waals surface area (Å²) < 4.78 is 28.6. The third kappa shape index (κ3) is 5.99. The Kier molecular flexibility index (Phi) is 7.13. The monoisotopic (exact) mass is 340 g/mol. The van der Waals surface area contributed by atoms with Gasteiger partial charge >= 0.3 is 0 Å². The SMILES string of the molecule is CC(C)CC(Br)CNS(=O)(=O)N1CCCCCC1. The molecular formula is C12H25BrN2O2S. The van der Waals surface area contributed by atoms with E-state index in [1.165, 1.54) is 0 Å². The van der Waals surface area contributed by atoms with Crippen molar-refractivity contribution in [3.63, 3.8) is 0 Å². The molecule has 1 atom stereocenters. The smallest absolute Gasteiger partial charge is 0.201 e. The molecule has 4 nitrogen and oxygen atoms in total. The van der Waals surface area contributed by atoms with Crippen molar-refractivity contribution in [3.05, 3.63) is 0 Å². The van der Waals surface area contributed by atoms with Crippen molar-refractivity contribution < 1.29 is 8.42 Å². The van der Waals surface area contributed by atoms with Crippen LogP contribution in [0.15, 0.2) is 0 Å². The van der Waals surface area contributed by atoms with E-state index < -0.39 is 10.2 Å². The van der Waals surface area contributed by atoms with Crippen LogP contribution in [-0.4, -0.2) is 37.2 Å². The highest BCUT2D eigenvalue weighted by Gasteiger charge is 2.23. The van der Waals surface area contributed by atoms with Crippen molar-refractivity contribution in [1.29, 1.82) is 0 Å². The lowest BCUT2D eigenvalue weighted by molar-refractivity contribution is 0.413. The van der Waals surface area contributed by atoms with Crippen LogP contribution < -0.4 is 4.72 Å². The molecule has 0 bridgehead atoms. The van der Waals surface area contributed by atoms with Gasteiger partial charge < -0.3 is 0 Å². The Labute approximate surface area is 120 Å². The van der Waals surface area contributed by atoms with E-state index in [9.17, 15) is 8.42 Å². The maximum atomic E-state index is 12.1. The van der Waals surface area contributed by atoms with Crippen LogP contribution >= 0.6 is 15.9 Å². The summed E-state index contributed by atoms with van der Waals surface area (Å²) in [7, 11) is -3.28. The topological polar surface area (TPSA) is 49.4 Å². The van der Waals surface area contributed by atoms with Crippen LogP contribution in [-0.2, 0) is 10.2 Å². The van der Waals surface area contributed by atoms with E-state index in [0.29, 0.717) is 25.6 Å². The summed E-state index contributed by atoms with van der Waals surface area (Å²) in [5.41, 5.74) is 0. The number of nitrogens with zero attached hydrogens (tertiary/aromatic N) is 1. The number of nitrogens with one attached hydrogen (secondary N) is 1. The molecule has 1 rings (SSSR count). The Bertz CT molecular complexity index is 325. The lowest BCUT2D eigenvalue weighted by Crippen LogP contribution is -2.43. The van der Waals surface area contributed by atoms with Crippen LogP contribution in [0, 0.1) is 5.92 Å². The van der Waals surface area contributed by atoms with E-state index in [-0.39, 0.29) is 4.83 Å². The van der Waals surface area contributed by atoms with Crippen molar-refractivity contribution in [3.8, 4) is 0 Å². The molecule has 6 heteroatoms. The van der Waals surface area contributed by atoms with Gasteiger partial charge in [-0.1, -0.05) is 42.6 Å². The van der Waals surface area contributed by atoms with Gasteiger partial charge in [0, 0.05) is 24.5 Å². The number of hydrogen-bond donors (Lipinski definition) is 1. The second-order valence-corrected chi connectivity index (χ2v) is 8.44. The van der Waals surface area contributed by atoms with E-state index in [4.69, 9.17) is 0 Å². The predicted molar refractivity (Wildman–Crippen MR) is 79.1 cm³/mol. The Morgan fingerprint density at radius 1 is 1.17 bits per heavy atom. The van der Waals surface area contributed by atoms with E-state index in [0.717, 1.165) is 32.1 Å². The van der Waals surface area contributed by atoms with Crippen molar-refractivity contribution >= 4 is 26.1 Å². The second-order valence-electron chi connectivity index (χ2n) is 5.39. The highest BCUT2D eigenvalue weighted by Crippen LogP contribution is 2.14. The molecule has 108 valence electrons. The average Bonchev–Trinajstić information content (AvgIpc) is 2.54. The van der Waals surface area contributed by atoms with Gasteiger partial charge in [-0.05, 0) is 25.2 Å². The molecule has 1 aliphatic rings. The summed E-state index contributed by atoms with van der Waals surface area (Å²) >= 11 is 3.53. The summed E-state index contributed by atoms with van der Waals surface area (Å²) in [5.74, 6) is 0.567. The third-order valence-electron chi connectivity index (χ3n) is 3.12. The zero-order valence-corrected chi connectivity index (χ0v) is 13.8. The molecule has 0 aliphatic carbocycles. The molecular weight excluding hydrogens is 316 g/mol. The van der Waals surface area contributed by atoms with Gasteiger partial charge in [0.2, 0.25) is 0 Å². The summed E-state index contributed by atoms with van der Waals surface area (Å²) in [4.78, 5) is 0.208. The summed E-state index contributed by atoms with van der Waals surface area (Å²) in [6.45, 7) is 6.06. The lowest BCUT2D eigenvalue weighted by atomic mass is 10.1. The van der Waals surface area contributed by atoms with Crippen LogP contribution in [0.3, 0.4) is 0 Å². The summed E-state index contributed by atoms with van der Waals surface area (Å²) in [6, 6.07) is 0. The van der Waals surface area contributed by atoms with Crippen LogP contribution in [0.25, 0.3) is 0 Å². The molecule has 1 saturated heterocycles. The fraction of sp³-hybridized carbons (Fsp3) is 1.00. The molecule has 0 amide bonds. The molecule has 1 unspecified atom stereocenters. The molecule has 1 aliphatic heterocycles. The van der Waals surface area contributed by atoms with Gasteiger partial charge in [-0.2, -0.15) is 12.7 Å². The van der Waals surface area contributed by atoms with Gasteiger partial charge in [-0.15, -0.1) is 0 Å². The molecule has 1 heterocycles. The minimum Gasteiger partial charge on any atom is -0.201 e. The second kappa shape index (κ2) is 7.82. The Balaban J connectivity index is 2.43. The maximum absolute atomic E-state index is 12.1. The van der Waals surface area contributed by atoms with Crippen molar-refractivity contribution in [2.45, 2.75) is 50.8 Å². The van der Waals surface area contributed by atoms with E-state index in [1.54, 1.807) is 4.31 Å². The van der Waals surface area contributed by atoms with E-state index in [2.05, 4.69) is 34.5 Å². The minimum absolute atomic E-state index is 0.208. The van der Waals surface area contributed by atoms with Gasteiger partial charge in [0.1, 0.15) is 0 Å². The molecule has 1 N–H and O–H groups in total.